The second kappa shape index (κ2) is 12.6. The average Bonchev–Trinajstić information content (AvgIpc) is 2.72. The molecule has 6 N–H and O–H groups in total. The molecule has 2 aromatic carbocycles. The van der Waals surface area contributed by atoms with Crippen LogP contribution in [0.3, 0.4) is 0 Å². The van der Waals surface area contributed by atoms with Gasteiger partial charge in [-0.1, -0.05) is 0 Å². The van der Waals surface area contributed by atoms with Crippen LogP contribution in [0.25, 0.3) is 0 Å². The van der Waals surface area contributed by atoms with Gasteiger partial charge in [-0.25, -0.2) is 0 Å². The van der Waals surface area contributed by atoms with Gasteiger partial charge >= 0.3 is 0 Å². The van der Waals surface area contributed by atoms with Crippen molar-refractivity contribution in [2.45, 2.75) is 19.3 Å². The fourth-order valence-corrected chi connectivity index (χ4v) is 2.74. The van der Waals surface area contributed by atoms with Crippen molar-refractivity contribution in [1.82, 2.24) is 0 Å². The predicted octanol–water partition coefficient (Wildman–Crippen LogP) is 2.89. The lowest BCUT2D eigenvalue weighted by atomic mass is 10.1. The van der Waals surface area contributed by atoms with Crippen molar-refractivity contribution in [3.8, 4) is 0 Å². The first-order valence-electron chi connectivity index (χ1n) is 9.12. The van der Waals surface area contributed by atoms with E-state index in [0.29, 0.717) is 28.9 Å². The fourth-order valence-electron chi connectivity index (χ4n) is 2.74. The molecule has 0 bridgehead atoms. The van der Waals surface area contributed by atoms with Crippen molar-refractivity contribution in [2.75, 3.05) is 23.9 Å². The summed E-state index contributed by atoms with van der Waals surface area (Å²) in [4.78, 5) is 27.8. The molecular formula is C21H28Cl2N6O2. The van der Waals surface area contributed by atoms with E-state index in [1.165, 1.54) is 9.80 Å². The number of amides is 2. The highest BCUT2D eigenvalue weighted by atomic mass is 35.5. The molecule has 0 heterocycles. The minimum atomic E-state index is -0.0955. The van der Waals surface area contributed by atoms with Gasteiger partial charge in [0.05, 0.1) is 0 Å². The highest BCUT2D eigenvalue weighted by Gasteiger charge is 2.15. The first-order valence-corrected chi connectivity index (χ1v) is 9.12. The zero-order valence-electron chi connectivity index (χ0n) is 17.4. The highest BCUT2D eigenvalue weighted by Crippen LogP contribution is 2.17. The summed E-state index contributed by atoms with van der Waals surface area (Å²) in [5, 5.41) is 14.8. The van der Waals surface area contributed by atoms with Gasteiger partial charge in [0, 0.05) is 49.4 Å². The molecular weight excluding hydrogens is 439 g/mol. The van der Waals surface area contributed by atoms with Crippen molar-refractivity contribution in [3.05, 3.63) is 59.7 Å². The van der Waals surface area contributed by atoms with Crippen LogP contribution >= 0.6 is 24.8 Å². The van der Waals surface area contributed by atoms with Gasteiger partial charge in [0.2, 0.25) is 11.8 Å². The number of nitrogens with zero attached hydrogens (tertiary/aromatic N) is 2. The fraction of sp³-hybridized carbons (Fsp3) is 0.238. The smallest absolute Gasteiger partial charge is 0.226 e. The summed E-state index contributed by atoms with van der Waals surface area (Å²) in [6.07, 6.45) is 0.922. The lowest BCUT2D eigenvalue weighted by Crippen LogP contribution is -2.28. The lowest BCUT2D eigenvalue weighted by Gasteiger charge is -2.19. The molecule has 0 radical (unpaired) electrons. The number of nitrogens with one attached hydrogen (secondary N) is 2. The van der Waals surface area contributed by atoms with Crippen LogP contribution in [0.1, 0.15) is 30.4 Å². The number of nitrogen functional groups attached to an aromatic ring is 2. The largest absolute Gasteiger partial charge is 0.384 e. The van der Waals surface area contributed by atoms with Gasteiger partial charge in [0.1, 0.15) is 11.7 Å². The molecule has 0 fully saturated rings. The second-order valence-corrected chi connectivity index (χ2v) is 6.68. The molecule has 0 atom stereocenters. The Morgan fingerprint density at radius 3 is 1.26 bits per heavy atom. The number of anilines is 2. The Kier molecular flexibility index (Phi) is 11.3. The zero-order chi connectivity index (χ0) is 21.6. The van der Waals surface area contributed by atoms with Gasteiger partial charge in [0.15, 0.2) is 0 Å². The predicted molar refractivity (Wildman–Crippen MR) is 130 cm³/mol. The SMILES string of the molecule is CN(C(=O)CCCC(=O)N(C)c1ccc(C(=N)N)cc1)c1ccc(C(=N)N)cc1.Cl.Cl. The summed E-state index contributed by atoms with van der Waals surface area (Å²) in [6, 6.07) is 13.7. The maximum Gasteiger partial charge on any atom is 0.226 e. The van der Waals surface area contributed by atoms with E-state index >= 15 is 0 Å². The number of hydrogen-bond donors (Lipinski definition) is 4. The van der Waals surface area contributed by atoms with Crippen molar-refractivity contribution >= 4 is 59.7 Å². The van der Waals surface area contributed by atoms with Gasteiger partial charge in [0.25, 0.3) is 0 Å². The van der Waals surface area contributed by atoms with Crippen molar-refractivity contribution in [1.29, 1.82) is 10.8 Å². The van der Waals surface area contributed by atoms with E-state index in [4.69, 9.17) is 22.3 Å². The Balaban J connectivity index is 0.00000450. The number of benzene rings is 2. The number of carbonyl (C=O) groups excluding carboxylic acids is 2. The maximum atomic E-state index is 12.4. The van der Waals surface area contributed by atoms with E-state index in [9.17, 15) is 9.59 Å². The molecule has 168 valence electrons. The van der Waals surface area contributed by atoms with Gasteiger partial charge in [-0.3, -0.25) is 20.4 Å². The quantitative estimate of drug-likeness (QED) is 0.350. The maximum absolute atomic E-state index is 12.4. The lowest BCUT2D eigenvalue weighted by molar-refractivity contribution is -0.119. The molecule has 0 aliphatic carbocycles. The highest BCUT2D eigenvalue weighted by molar-refractivity contribution is 5.98. The molecule has 0 saturated carbocycles. The molecule has 0 spiro atoms. The number of carbonyl (C=O) groups is 2. The molecule has 8 nitrogen and oxygen atoms in total. The number of amidine groups is 2. The van der Waals surface area contributed by atoms with E-state index in [-0.39, 0.29) is 61.1 Å². The summed E-state index contributed by atoms with van der Waals surface area (Å²) < 4.78 is 0. The second-order valence-electron chi connectivity index (χ2n) is 6.68. The third-order valence-corrected chi connectivity index (χ3v) is 4.66. The number of halogens is 2. The summed E-state index contributed by atoms with van der Waals surface area (Å²) in [6.45, 7) is 0. The Labute approximate surface area is 194 Å². The normalized spacial score (nSPS) is 9.61. The van der Waals surface area contributed by atoms with Crippen molar-refractivity contribution in [3.63, 3.8) is 0 Å². The number of rotatable bonds is 8. The van der Waals surface area contributed by atoms with Gasteiger partial charge in [-0.05, 0) is 55.0 Å². The third kappa shape index (κ3) is 7.58. The van der Waals surface area contributed by atoms with E-state index < -0.39 is 0 Å². The van der Waals surface area contributed by atoms with Crippen LogP contribution in [-0.4, -0.2) is 37.6 Å². The van der Waals surface area contributed by atoms with E-state index in [0.717, 1.165) is 0 Å². The van der Waals surface area contributed by atoms with Crippen molar-refractivity contribution < 1.29 is 9.59 Å². The first kappa shape index (κ1) is 27.9. The first-order chi connectivity index (χ1) is 13.7. The summed E-state index contributed by atoms with van der Waals surface area (Å²) in [5.74, 6) is -0.239. The monoisotopic (exact) mass is 466 g/mol. The summed E-state index contributed by atoms with van der Waals surface area (Å²) >= 11 is 0. The Morgan fingerprint density at radius 1 is 0.710 bits per heavy atom. The van der Waals surface area contributed by atoms with Gasteiger partial charge < -0.3 is 21.3 Å². The Bertz CT molecular complexity index is 841. The van der Waals surface area contributed by atoms with Crippen LogP contribution in [0.15, 0.2) is 48.5 Å². The Hall–Kier alpha value is -3.10. The summed E-state index contributed by atoms with van der Waals surface area (Å²) in [7, 11) is 3.35. The number of nitrogens with two attached hydrogens (primary N) is 2. The molecule has 0 aromatic heterocycles. The summed E-state index contributed by atoms with van der Waals surface area (Å²) in [5.41, 5.74) is 13.5. The molecule has 0 saturated heterocycles. The van der Waals surface area contributed by atoms with Crippen LogP contribution < -0.4 is 21.3 Å². The van der Waals surface area contributed by atoms with Crippen LogP contribution in [0.5, 0.6) is 0 Å². The molecule has 10 heteroatoms. The van der Waals surface area contributed by atoms with Crippen LogP contribution in [0, 0.1) is 10.8 Å². The third-order valence-electron chi connectivity index (χ3n) is 4.66. The van der Waals surface area contributed by atoms with Crippen LogP contribution in [-0.2, 0) is 9.59 Å². The molecule has 0 aliphatic heterocycles. The van der Waals surface area contributed by atoms with Crippen LogP contribution in [0.2, 0.25) is 0 Å². The standard InChI is InChI=1S/C21H26N6O2.2ClH/c1-26(16-10-6-14(7-11-16)20(22)23)18(28)4-3-5-19(29)27(2)17-12-8-15(9-13-17)21(24)25;;/h6-13H,3-5H2,1-2H3,(H3,22,23)(H3,24,25);2*1H. The zero-order valence-corrected chi connectivity index (χ0v) is 19.1. The number of hydrogen-bond acceptors (Lipinski definition) is 4. The molecule has 0 aliphatic rings. The molecule has 0 unspecified atom stereocenters. The minimum absolute atomic E-state index is 0. The van der Waals surface area contributed by atoms with Gasteiger partial charge in [-0.2, -0.15) is 0 Å². The van der Waals surface area contributed by atoms with E-state index in [1.54, 1.807) is 62.6 Å². The molecule has 2 aromatic rings. The minimum Gasteiger partial charge on any atom is -0.384 e. The molecule has 2 amide bonds. The molecule has 31 heavy (non-hydrogen) atoms. The van der Waals surface area contributed by atoms with E-state index in [1.807, 2.05) is 0 Å². The average molecular weight is 467 g/mol. The van der Waals surface area contributed by atoms with E-state index in [2.05, 4.69) is 0 Å². The van der Waals surface area contributed by atoms with Gasteiger partial charge in [-0.15, -0.1) is 24.8 Å². The topological polar surface area (TPSA) is 140 Å². The Morgan fingerprint density at radius 2 is 1.00 bits per heavy atom. The molecule has 2 rings (SSSR count). The van der Waals surface area contributed by atoms with Crippen molar-refractivity contribution in [2.24, 2.45) is 11.5 Å². The van der Waals surface area contributed by atoms with Crippen LogP contribution in [0.4, 0.5) is 11.4 Å².